The van der Waals surface area contributed by atoms with Crippen LogP contribution in [0.3, 0.4) is 0 Å². The van der Waals surface area contributed by atoms with Gasteiger partial charge in [-0.3, -0.25) is 4.79 Å². The van der Waals surface area contributed by atoms with Crippen molar-refractivity contribution < 1.29 is 23.8 Å². The summed E-state index contributed by atoms with van der Waals surface area (Å²) in [5, 5.41) is 2.55. The molecule has 9 heteroatoms. The van der Waals surface area contributed by atoms with Gasteiger partial charge in [-0.25, -0.2) is 4.79 Å². The summed E-state index contributed by atoms with van der Waals surface area (Å²) in [6.07, 6.45) is -0.000405. The minimum atomic E-state index is -1.69. The third-order valence-corrected chi connectivity index (χ3v) is 4.50. The van der Waals surface area contributed by atoms with Crippen molar-refractivity contribution in [2.45, 2.75) is 32.9 Å². The number of carbonyl (C=O) groups excluding carboxylic acids is 2. The zero-order valence-corrected chi connectivity index (χ0v) is 16.1. The molecule has 24 heavy (non-hydrogen) atoms. The number of amides is 1. The normalized spacial score (nSPS) is 13.4. The number of hydrogen-bond donors (Lipinski definition) is 1. The van der Waals surface area contributed by atoms with Crippen molar-refractivity contribution in [3.05, 3.63) is 20.3 Å². The van der Waals surface area contributed by atoms with Gasteiger partial charge in [-0.1, -0.05) is 23.2 Å². The minimum Gasteiger partial charge on any atom is -0.462 e. The molecule has 0 aliphatic heterocycles. The monoisotopic (exact) mass is 397 g/mol. The van der Waals surface area contributed by atoms with Gasteiger partial charge in [0.25, 0.3) is 0 Å². The van der Waals surface area contributed by atoms with Crippen LogP contribution in [0.5, 0.6) is 0 Å². The summed E-state index contributed by atoms with van der Waals surface area (Å²) >= 11 is 13.3. The third kappa shape index (κ3) is 6.22. The minimum absolute atomic E-state index is 0.000405. The Bertz CT molecular complexity index is 566. The van der Waals surface area contributed by atoms with Crippen LogP contribution >= 0.6 is 34.5 Å². The standard InChI is InChI=1S/C15H21Cl2NO5S/c1-4-21-6-7-23-15(18-10(3)19,14(20)22-5-2)9-11-8-12(16)24-13(11)17/h8H,4-7,9H2,1-3H3,(H,18,19). The summed E-state index contributed by atoms with van der Waals surface area (Å²) in [6.45, 7) is 5.85. The molecule has 1 atom stereocenters. The lowest BCUT2D eigenvalue weighted by Crippen LogP contribution is -2.58. The molecule has 1 rings (SSSR count). The molecular formula is C15H21Cl2NO5S. The molecule has 0 bridgehead atoms. The molecule has 0 saturated heterocycles. The average Bonchev–Trinajstić information content (AvgIpc) is 2.80. The lowest BCUT2D eigenvalue weighted by molar-refractivity contribution is -0.181. The Morgan fingerprint density at radius 1 is 1.25 bits per heavy atom. The molecule has 0 aromatic carbocycles. The van der Waals surface area contributed by atoms with Crippen LogP contribution in [-0.4, -0.2) is 44.0 Å². The van der Waals surface area contributed by atoms with E-state index in [1.807, 2.05) is 6.92 Å². The van der Waals surface area contributed by atoms with E-state index in [0.717, 1.165) is 0 Å². The number of halogens is 2. The van der Waals surface area contributed by atoms with Crippen molar-refractivity contribution in [3.8, 4) is 0 Å². The van der Waals surface area contributed by atoms with E-state index < -0.39 is 17.6 Å². The van der Waals surface area contributed by atoms with Gasteiger partial charge in [0.15, 0.2) is 0 Å². The lowest BCUT2D eigenvalue weighted by Gasteiger charge is -2.32. The fourth-order valence-electron chi connectivity index (χ4n) is 2.03. The average molecular weight is 398 g/mol. The Labute approximate surface area is 155 Å². The molecule has 0 aliphatic carbocycles. The van der Waals surface area contributed by atoms with Crippen molar-refractivity contribution in [1.82, 2.24) is 5.32 Å². The molecule has 0 radical (unpaired) electrons. The maximum atomic E-state index is 12.5. The molecule has 1 aromatic rings. The smallest absolute Gasteiger partial charge is 0.360 e. The van der Waals surface area contributed by atoms with Crippen molar-refractivity contribution >= 4 is 46.4 Å². The van der Waals surface area contributed by atoms with Crippen molar-refractivity contribution in [2.75, 3.05) is 26.4 Å². The first-order valence-corrected chi connectivity index (χ1v) is 9.03. The van der Waals surface area contributed by atoms with Crippen molar-refractivity contribution in [1.29, 1.82) is 0 Å². The molecule has 6 nitrogen and oxygen atoms in total. The van der Waals surface area contributed by atoms with E-state index in [1.165, 1.54) is 18.3 Å². The first kappa shape index (κ1) is 21.2. The lowest BCUT2D eigenvalue weighted by atomic mass is 10.0. The highest BCUT2D eigenvalue weighted by Gasteiger charge is 2.43. The quantitative estimate of drug-likeness (QED) is 0.373. The maximum absolute atomic E-state index is 12.5. The zero-order valence-electron chi connectivity index (χ0n) is 13.8. The summed E-state index contributed by atoms with van der Waals surface area (Å²) < 4.78 is 16.9. The molecule has 0 aliphatic rings. The number of hydrogen-bond acceptors (Lipinski definition) is 6. The predicted octanol–water partition coefficient (Wildman–Crippen LogP) is 3.05. The van der Waals surface area contributed by atoms with Crippen LogP contribution in [0.1, 0.15) is 26.3 Å². The maximum Gasteiger partial charge on any atom is 0.360 e. The van der Waals surface area contributed by atoms with Gasteiger partial charge >= 0.3 is 5.97 Å². The molecule has 136 valence electrons. The molecule has 0 fully saturated rings. The van der Waals surface area contributed by atoms with E-state index in [2.05, 4.69) is 5.32 Å². The first-order valence-electron chi connectivity index (χ1n) is 7.46. The molecule has 1 unspecified atom stereocenters. The Hall–Kier alpha value is -0.860. The van der Waals surface area contributed by atoms with Crippen LogP contribution in [0.4, 0.5) is 0 Å². The summed E-state index contributed by atoms with van der Waals surface area (Å²) in [4.78, 5) is 24.2. The van der Waals surface area contributed by atoms with Crippen LogP contribution in [0, 0.1) is 0 Å². The predicted molar refractivity (Wildman–Crippen MR) is 93.7 cm³/mol. The summed E-state index contributed by atoms with van der Waals surface area (Å²) in [7, 11) is 0. The highest BCUT2D eigenvalue weighted by atomic mass is 35.5. The van der Waals surface area contributed by atoms with E-state index in [0.29, 0.717) is 20.8 Å². The van der Waals surface area contributed by atoms with Gasteiger partial charge in [-0.2, -0.15) is 0 Å². The van der Waals surface area contributed by atoms with E-state index >= 15 is 0 Å². The Morgan fingerprint density at radius 2 is 1.96 bits per heavy atom. The molecule has 1 amide bonds. The van der Waals surface area contributed by atoms with E-state index in [4.69, 9.17) is 37.4 Å². The van der Waals surface area contributed by atoms with Gasteiger partial charge < -0.3 is 19.5 Å². The van der Waals surface area contributed by atoms with E-state index in [1.54, 1.807) is 13.0 Å². The second-order valence-electron chi connectivity index (χ2n) is 4.80. The first-order chi connectivity index (χ1) is 11.3. The molecule has 1 N–H and O–H groups in total. The number of ether oxygens (including phenoxy) is 3. The summed E-state index contributed by atoms with van der Waals surface area (Å²) in [5.41, 5.74) is -1.10. The van der Waals surface area contributed by atoms with Crippen LogP contribution < -0.4 is 5.32 Å². The Morgan fingerprint density at radius 3 is 2.46 bits per heavy atom. The van der Waals surface area contributed by atoms with Crippen LogP contribution in [0.15, 0.2) is 6.07 Å². The zero-order chi connectivity index (χ0) is 18.2. The van der Waals surface area contributed by atoms with Crippen molar-refractivity contribution in [3.63, 3.8) is 0 Å². The topological polar surface area (TPSA) is 73.9 Å². The molecule has 0 spiro atoms. The van der Waals surface area contributed by atoms with Crippen molar-refractivity contribution in [2.24, 2.45) is 0 Å². The summed E-state index contributed by atoms with van der Waals surface area (Å²) in [6, 6.07) is 1.64. The third-order valence-electron chi connectivity index (χ3n) is 2.93. The van der Waals surface area contributed by atoms with Gasteiger partial charge in [0.05, 0.1) is 28.5 Å². The number of esters is 1. The van der Waals surface area contributed by atoms with Gasteiger partial charge in [0, 0.05) is 20.0 Å². The molecule has 1 aromatic heterocycles. The second kappa shape index (κ2) is 10.2. The molecule has 0 saturated carbocycles. The molecular weight excluding hydrogens is 377 g/mol. The van der Waals surface area contributed by atoms with Gasteiger partial charge in [-0.05, 0) is 25.5 Å². The number of rotatable bonds is 10. The van der Waals surface area contributed by atoms with E-state index in [9.17, 15) is 9.59 Å². The number of nitrogens with one attached hydrogen (secondary N) is 1. The van der Waals surface area contributed by atoms with Crippen LogP contribution in [-0.2, 0) is 30.2 Å². The molecule has 1 heterocycles. The number of thiophene rings is 1. The highest BCUT2D eigenvalue weighted by molar-refractivity contribution is 7.20. The SMILES string of the molecule is CCOCCOC(Cc1cc(Cl)sc1Cl)(NC(C)=O)C(=O)OCC. The highest BCUT2D eigenvalue weighted by Crippen LogP contribution is 2.34. The second-order valence-corrected chi connectivity index (χ2v) is 7.09. The Balaban J connectivity index is 3.09. The van der Waals surface area contributed by atoms with Crippen LogP contribution in [0.2, 0.25) is 8.67 Å². The largest absolute Gasteiger partial charge is 0.462 e. The van der Waals surface area contributed by atoms with E-state index in [-0.39, 0.29) is 26.2 Å². The fraction of sp³-hybridized carbons (Fsp3) is 0.600. The summed E-state index contributed by atoms with van der Waals surface area (Å²) in [5.74, 6) is -1.13. The van der Waals surface area contributed by atoms with Crippen LogP contribution in [0.25, 0.3) is 0 Å². The van der Waals surface area contributed by atoms with Gasteiger partial charge in [-0.15, -0.1) is 11.3 Å². The van der Waals surface area contributed by atoms with Gasteiger partial charge in [0.2, 0.25) is 11.6 Å². The fourth-order valence-corrected chi connectivity index (χ4v) is 3.51. The Kier molecular flexibility index (Phi) is 9.01. The van der Waals surface area contributed by atoms with Gasteiger partial charge in [0.1, 0.15) is 0 Å². The number of carbonyl (C=O) groups is 2.